The topological polar surface area (TPSA) is 79.8 Å². The largest absolute Gasteiger partial charge is 0.317 e. The van der Waals surface area contributed by atoms with Gasteiger partial charge in [0, 0.05) is 11.8 Å². The summed E-state index contributed by atoms with van der Waals surface area (Å²) in [6.45, 7) is 0. The predicted octanol–water partition coefficient (Wildman–Crippen LogP) is 2.87. The second kappa shape index (κ2) is 6.30. The van der Waals surface area contributed by atoms with Gasteiger partial charge in [0.25, 0.3) is 5.91 Å². The van der Waals surface area contributed by atoms with Crippen molar-refractivity contribution in [3.63, 3.8) is 0 Å². The van der Waals surface area contributed by atoms with Crippen molar-refractivity contribution in [2.24, 2.45) is 0 Å². The summed E-state index contributed by atoms with van der Waals surface area (Å²) in [7, 11) is 0. The van der Waals surface area contributed by atoms with E-state index in [2.05, 4.69) is 24.4 Å². The zero-order valence-electron chi connectivity index (χ0n) is 10.9. The van der Waals surface area contributed by atoms with Crippen LogP contribution in [0, 0.1) is 0 Å². The molecule has 0 bridgehead atoms. The Bertz CT molecular complexity index is 849. The Morgan fingerprint density at radius 3 is 2.77 bits per heavy atom. The van der Waals surface area contributed by atoms with Crippen LogP contribution < -0.4 is 10.6 Å². The monoisotopic (exact) mass is 349 g/mol. The minimum absolute atomic E-state index is 0.149. The normalized spacial score (nSPS) is 10.4. The molecule has 6 nitrogen and oxygen atoms in total. The molecular weight excluding hydrogens is 342 g/mol. The third-order valence-electron chi connectivity index (χ3n) is 2.71. The van der Waals surface area contributed by atoms with Crippen molar-refractivity contribution in [3.05, 3.63) is 47.1 Å². The molecule has 0 saturated heterocycles. The first-order valence-electron chi connectivity index (χ1n) is 6.08. The van der Waals surface area contributed by atoms with E-state index in [-0.39, 0.29) is 11.0 Å². The second-order valence-electron chi connectivity index (χ2n) is 4.24. The second-order valence-corrected chi connectivity index (χ2v) is 5.61. The molecule has 1 aromatic carbocycles. The van der Waals surface area contributed by atoms with Gasteiger partial charge in [0.2, 0.25) is 0 Å². The van der Waals surface area contributed by atoms with Crippen LogP contribution in [-0.4, -0.2) is 24.8 Å². The maximum absolute atomic E-state index is 12.1. The van der Waals surface area contributed by atoms with E-state index >= 15 is 0 Å². The highest BCUT2D eigenvalue weighted by atomic mass is 35.5. The summed E-state index contributed by atoms with van der Waals surface area (Å²) >= 11 is 11.9. The molecule has 0 atom stereocenters. The first-order valence-corrected chi connectivity index (χ1v) is 7.60. The van der Waals surface area contributed by atoms with Crippen LogP contribution in [0.1, 0.15) is 10.4 Å². The number of fused-ring (bicyclic) bond motifs is 1. The van der Waals surface area contributed by atoms with E-state index in [4.69, 9.17) is 23.8 Å². The Hall–Kier alpha value is -2.16. The van der Waals surface area contributed by atoms with Crippen molar-refractivity contribution in [2.75, 3.05) is 5.32 Å². The number of nitrogens with zero attached hydrogens (tertiary/aromatic N) is 3. The van der Waals surface area contributed by atoms with Gasteiger partial charge in [-0.1, -0.05) is 11.6 Å². The number of thiocarbonyl (C=S) groups is 1. The minimum Gasteiger partial charge on any atom is -0.317 e. The van der Waals surface area contributed by atoms with Gasteiger partial charge in [-0.2, -0.15) is 8.75 Å². The van der Waals surface area contributed by atoms with Crippen molar-refractivity contribution in [3.8, 4) is 0 Å². The molecular formula is C13H8ClN5OS2. The Kier molecular flexibility index (Phi) is 4.23. The molecule has 22 heavy (non-hydrogen) atoms. The molecule has 1 amide bonds. The van der Waals surface area contributed by atoms with Crippen LogP contribution in [-0.2, 0) is 0 Å². The average Bonchev–Trinajstić information content (AvgIpc) is 2.97. The van der Waals surface area contributed by atoms with Gasteiger partial charge in [-0.15, -0.1) is 0 Å². The number of benzene rings is 1. The number of carbonyl (C=O) groups excluding carboxylic acids is 1. The van der Waals surface area contributed by atoms with Gasteiger partial charge in [-0.05, 0) is 42.5 Å². The fraction of sp³-hybridized carbons (Fsp3) is 0. The van der Waals surface area contributed by atoms with Gasteiger partial charge < -0.3 is 5.32 Å². The minimum atomic E-state index is -0.332. The van der Waals surface area contributed by atoms with Gasteiger partial charge in [0.15, 0.2) is 5.11 Å². The molecule has 9 heteroatoms. The molecule has 0 spiro atoms. The van der Waals surface area contributed by atoms with Crippen LogP contribution in [0.2, 0.25) is 5.02 Å². The predicted molar refractivity (Wildman–Crippen MR) is 90.3 cm³/mol. The highest BCUT2D eigenvalue weighted by molar-refractivity contribution is 7.80. The summed E-state index contributed by atoms with van der Waals surface area (Å²) < 4.78 is 8.18. The lowest BCUT2D eigenvalue weighted by atomic mass is 10.2. The van der Waals surface area contributed by atoms with Gasteiger partial charge >= 0.3 is 0 Å². The third-order valence-corrected chi connectivity index (χ3v) is 3.70. The van der Waals surface area contributed by atoms with Crippen LogP contribution in [0.3, 0.4) is 0 Å². The summed E-state index contributed by atoms with van der Waals surface area (Å²) in [5, 5.41) is 6.05. The summed E-state index contributed by atoms with van der Waals surface area (Å²) in [5.41, 5.74) is 1.89. The lowest BCUT2D eigenvalue weighted by molar-refractivity contribution is 0.0978. The van der Waals surface area contributed by atoms with Crippen LogP contribution in [0.5, 0.6) is 0 Å². The molecule has 0 aliphatic rings. The molecule has 2 N–H and O–H groups in total. The number of aromatic nitrogens is 3. The smallest absolute Gasteiger partial charge is 0.257 e. The molecule has 3 rings (SSSR count). The van der Waals surface area contributed by atoms with Gasteiger partial charge in [0.05, 0.1) is 16.8 Å². The van der Waals surface area contributed by atoms with E-state index in [1.165, 1.54) is 6.20 Å². The zero-order chi connectivity index (χ0) is 15.5. The number of carbonyl (C=O) groups is 1. The number of hydrogen-bond acceptors (Lipinski definition) is 6. The lowest BCUT2D eigenvalue weighted by Gasteiger charge is -2.08. The van der Waals surface area contributed by atoms with Crippen molar-refractivity contribution < 1.29 is 4.79 Å². The molecule has 0 saturated carbocycles. The fourth-order valence-corrected chi connectivity index (χ4v) is 2.52. The summed E-state index contributed by atoms with van der Waals surface area (Å²) in [6, 6.07) is 8.41. The van der Waals surface area contributed by atoms with Gasteiger partial charge in [-0.25, -0.2) is 4.98 Å². The molecule has 0 unspecified atom stereocenters. The maximum Gasteiger partial charge on any atom is 0.257 e. The van der Waals surface area contributed by atoms with Crippen molar-refractivity contribution in [2.45, 2.75) is 0 Å². The molecule has 110 valence electrons. The number of hydrogen-bond donors (Lipinski definition) is 2. The molecule has 2 heterocycles. The van der Waals surface area contributed by atoms with Crippen LogP contribution in [0.25, 0.3) is 11.0 Å². The first-order chi connectivity index (χ1) is 10.6. The van der Waals surface area contributed by atoms with E-state index in [1.54, 1.807) is 30.3 Å². The van der Waals surface area contributed by atoms with Crippen LogP contribution in [0.15, 0.2) is 36.5 Å². The molecule has 0 fully saturated rings. The van der Waals surface area contributed by atoms with E-state index in [9.17, 15) is 4.79 Å². The van der Waals surface area contributed by atoms with Gasteiger partial charge in [-0.3, -0.25) is 10.1 Å². The van der Waals surface area contributed by atoms with Gasteiger partial charge in [0.1, 0.15) is 16.9 Å². The number of amides is 1. The Morgan fingerprint density at radius 2 is 2.00 bits per heavy atom. The first kappa shape index (κ1) is 14.8. The number of rotatable bonds is 2. The summed E-state index contributed by atoms with van der Waals surface area (Å²) in [4.78, 5) is 16.2. The Morgan fingerprint density at radius 1 is 1.18 bits per heavy atom. The standard InChI is InChI=1S/C13H8ClN5OS2/c14-8-2-4-11(15-6-8)16-13(21)17-12(20)7-1-3-9-10(5-7)19-22-18-9/h1-6H,(H2,15,16,17,20,21). The quantitative estimate of drug-likeness (QED) is 0.692. The molecule has 0 aliphatic heterocycles. The maximum atomic E-state index is 12.1. The number of nitrogens with one attached hydrogen (secondary N) is 2. The van der Waals surface area contributed by atoms with E-state index in [1.807, 2.05) is 0 Å². The number of halogens is 1. The molecule has 2 aromatic heterocycles. The molecule has 0 radical (unpaired) electrons. The van der Waals surface area contributed by atoms with Crippen molar-refractivity contribution in [1.82, 2.24) is 19.0 Å². The number of anilines is 1. The summed E-state index contributed by atoms with van der Waals surface area (Å²) in [6.07, 6.45) is 1.48. The third kappa shape index (κ3) is 3.35. The fourth-order valence-electron chi connectivity index (χ4n) is 1.70. The number of pyridine rings is 1. The SMILES string of the molecule is O=C(NC(=S)Nc1ccc(Cl)cn1)c1ccc2nsnc2c1. The highest BCUT2D eigenvalue weighted by Crippen LogP contribution is 2.13. The van der Waals surface area contributed by atoms with Crippen molar-refractivity contribution in [1.29, 1.82) is 0 Å². The van der Waals surface area contributed by atoms with E-state index < -0.39 is 0 Å². The van der Waals surface area contributed by atoms with Crippen molar-refractivity contribution >= 4 is 63.4 Å². The van der Waals surface area contributed by atoms with E-state index in [0.29, 0.717) is 21.9 Å². The average molecular weight is 350 g/mol. The Balaban J connectivity index is 1.67. The lowest BCUT2D eigenvalue weighted by Crippen LogP contribution is -2.34. The van der Waals surface area contributed by atoms with E-state index in [0.717, 1.165) is 17.2 Å². The summed E-state index contributed by atoms with van der Waals surface area (Å²) in [5.74, 6) is 0.162. The Labute approximate surface area is 139 Å². The molecule has 3 aromatic rings. The highest BCUT2D eigenvalue weighted by Gasteiger charge is 2.10. The van der Waals surface area contributed by atoms with Crippen LogP contribution in [0.4, 0.5) is 5.82 Å². The van der Waals surface area contributed by atoms with Crippen LogP contribution >= 0.6 is 35.5 Å². The molecule has 0 aliphatic carbocycles. The zero-order valence-corrected chi connectivity index (χ0v) is 13.3.